The molecule has 3 atom stereocenters. The minimum atomic E-state index is -0.623. The van der Waals surface area contributed by atoms with Gasteiger partial charge in [0.15, 0.2) is 11.5 Å². The van der Waals surface area contributed by atoms with Gasteiger partial charge in [0.1, 0.15) is 0 Å². The Labute approximate surface area is 207 Å². The molecule has 0 aliphatic carbocycles. The average molecular weight is 494 g/mol. The molecule has 0 radical (unpaired) electrons. The van der Waals surface area contributed by atoms with Gasteiger partial charge in [0.2, 0.25) is 18.2 Å². The van der Waals surface area contributed by atoms with E-state index in [9.17, 15) is 14.9 Å². The number of methoxy groups -OCH3 is 4. The minimum Gasteiger partial charge on any atom is -0.493 e. The summed E-state index contributed by atoms with van der Waals surface area (Å²) in [5.74, 6) is 0.00911. The highest BCUT2D eigenvalue weighted by Crippen LogP contribution is 2.44. The van der Waals surface area contributed by atoms with E-state index < -0.39 is 11.8 Å². The highest BCUT2D eigenvalue weighted by Gasteiger charge is 2.49. The third-order valence-corrected chi connectivity index (χ3v) is 7.92. The van der Waals surface area contributed by atoms with Crippen molar-refractivity contribution in [2.75, 3.05) is 48.1 Å². The molecule has 2 heterocycles. The Morgan fingerprint density at radius 1 is 1.06 bits per heavy atom. The van der Waals surface area contributed by atoms with Crippen LogP contribution in [-0.2, 0) is 9.53 Å². The topological polar surface area (TPSA) is 104 Å². The molecule has 2 saturated heterocycles. The lowest BCUT2D eigenvalue weighted by atomic mass is 9.84. The van der Waals surface area contributed by atoms with E-state index in [0.29, 0.717) is 35.8 Å². The number of amides is 1. The second-order valence-electron chi connectivity index (χ2n) is 9.23. The number of rotatable bonds is 12. The first-order valence-electron chi connectivity index (χ1n) is 12.3. The number of carbonyl (C=O) groups is 1. The summed E-state index contributed by atoms with van der Waals surface area (Å²) >= 11 is 0. The van der Waals surface area contributed by atoms with Gasteiger partial charge in [-0.15, -0.1) is 0 Å². The van der Waals surface area contributed by atoms with Crippen molar-refractivity contribution in [3.05, 3.63) is 27.8 Å². The van der Waals surface area contributed by atoms with Crippen LogP contribution in [0.4, 0.5) is 0 Å². The number of nitrogens with zero attached hydrogens (tertiary/aromatic N) is 3. The van der Waals surface area contributed by atoms with Gasteiger partial charge in [0.25, 0.3) is 0 Å². The van der Waals surface area contributed by atoms with Gasteiger partial charge in [-0.2, -0.15) is 0 Å². The predicted molar refractivity (Wildman–Crippen MR) is 131 cm³/mol. The second kappa shape index (κ2) is 11.4. The van der Waals surface area contributed by atoms with E-state index in [1.54, 1.807) is 19.2 Å². The quantitative estimate of drug-likeness (QED) is 0.322. The molecule has 0 spiro atoms. The Bertz CT molecular complexity index is 872. The molecular formula is C25H39N3O7. The molecule has 0 bridgehead atoms. The zero-order valence-corrected chi connectivity index (χ0v) is 21.7. The molecule has 2 aliphatic heterocycles. The number of hydrogen-bond donors (Lipinski definition) is 0. The summed E-state index contributed by atoms with van der Waals surface area (Å²) in [6.07, 6.45) is 4.17. The van der Waals surface area contributed by atoms with Gasteiger partial charge in [-0.05, 0) is 49.8 Å². The number of hydrazine groups is 1. The summed E-state index contributed by atoms with van der Waals surface area (Å²) in [4.78, 5) is 25.1. The van der Waals surface area contributed by atoms with Gasteiger partial charge in [-0.3, -0.25) is 19.9 Å². The molecule has 1 aromatic rings. The third kappa shape index (κ3) is 5.04. The van der Waals surface area contributed by atoms with E-state index in [-0.39, 0.29) is 29.0 Å². The van der Waals surface area contributed by atoms with Crippen LogP contribution in [-0.4, -0.2) is 80.6 Å². The molecule has 1 aromatic carbocycles. The van der Waals surface area contributed by atoms with Gasteiger partial charge >= 0.3 is 0 Å². The maximum Gasteiger partial charge on any atom is 0.240 e. The van der Waals surface area contributed by atoms with Crippen molar-refractivity contribution in [2.45, 2.75) is 63.5 Å². The maximum absolute atomic E-state index is 13.8. The monoisotopic (exact) mass is 493 g/mol. The maximum atomic E-state index is 13.8. The first-order valence-corrected chi connectivity index (χ1v) is 12.3. The molecule has 0 unspecified atom stereocenters. The first-order chi connectivity index (χ1) is 16.8. The van der Waals surface area contributed by atoms with Crippen LogP contribution in [0.1, 0.15) is 57.4 Å². The number of hydrogen-bond acceptors (Lipinski definition) is 8. The molecular weight excluding hydrogens is 454 g/mol. The summed E-state index contributed by atoms with van der Waals surface area (Å²) in [7, 11) is 6.26. The Kier molecular flexibility index (Phi) is 8.82. The Morgan fingerprint density at radius 3 is 2.17 bits per heavy atom. The SMILES string of the molecule is CCC(CC)(OC)[C@@H]1CCCN1N1CC[C@H]([C@@H](C[N+](=O)[O-])c2cc(OC)c(OC)c(OC)c2)C1=O. The highest BCUT2D eigenvalue weighted by atomic mass is 16.6. The van der Waals surface area contributed by atoms with Crippen LogP contribution in [0, 0.1) is 16.0 Å². The van der Waals surface area contributed by atoms with E-state index >= 15 is 0 Å². The lowest BCUT2D eigenvalue weighted by Gasteiger charge is -2.44. The van der Waals surface area contributed by atoms with E-state index in [4.69, 9.17) is 18.9 Å². The summed E-state index contributed by atoms with van der Waals surface area (Å²) in [5.41, 5.74) is 0.300. The van der Waals surface area contributed by atoms with Gasteiger partial charge in [-0.25, -0.2) is 5.01 Å². The lowest BCUT2D eigenvalue weighted by molar-refractivity contribution is -0.484. The zero-order valence-electron chi connectivity index (χ0n) is 21.7. The molecule has 0 N–H and O–H groups in total. The first kappa shape index (κ1) is 27.0. The second-order valence-corrected chi connectivity index (χ2v) is 9.23. The predicted octanol–water partition coefficient (Wildman–Crippen LogP) is 3.51. The zero-order chi connectivity index (χ0) is 25.8. The van der Waals surface area contributed by atoms with Crippen molar-refractivity contribution in [1.29, 1.82) is 0 Å². The van der Waals surface area contributed by atoms with Gasteiger partial charge in [0.05, 0.1) is 44.8 Å². The molecule has 1 amide bonds. The van der Waals surface area contributed by atoms with Crippen LogP contribution in [0.2, 0.25) is 0 Å². The van der Waals surface area contributed by atoms with Crippen LogP contribution in [0.3, 0.4) is 0 Å². The molecule has 10 nitrogen and oxygen atoms in total. The average Bonchev–Trinajstić information content (AvgIpc) is 3.50. The van der Waals surface area contributed by atoms with E-state index in [1.807, 2.05) is 5.01 Å². The van der Waals surface area contributed by atoms with Crippen LogP contribution in [0.5, 0.6) is 17.2 Å². The van der Waals surface area contributed by atoms with Crippen molar-refractivity contribution >= 4 is 5.91 Å². The van der Waals surface area contributed by atoms with Crippen molar-refractivity contribution in [3.63, 3.8) is 0 Å². The van der Waals surface area contributed by atoms with Crippen LogP contribution < -0.4 is 14.2 Å². The number of nitro groups is 1. The molecule has 196 valence electrons. The minimum absolute atomic E-state index is 0.0743. The van der Waals surface area contributed by atoms with E-state index in [0.717, 1.165) is 32.2 Å². The largest absolute Gasteiger partial charge is 0.493 e. The molecule has 0 saturated carbocycles. The Hall–Kier alpha value is -2.59. The van der Waals surface area contributed by atoms with Crippen molar-refractivity contribution in [3.8, 4) is 17.2 Å². The van der Waals surface area contributed by atoms with Gasteiger partial charge < -0.3 is 18.9 Å². The summed E-state index contributed by atoms with van der Waals surface area (Å²) in [6.45, 7) is 5.19. The van der Waals surface area contributed by atoms with Gasteiger partial charge in [-0.1, -0.05) is 13.8 Å². The summed E-state index contributed by atoms with van der Waals surface area (Å²) < 4.78 is 22.3. The fourth-order valence-corrected chi connectivity index (χ4v) is 5.98. The van der Waals surface area contributed by atoms with Crippen LogP contribution in [0.25, 0.3) is 0 Å². The smallest absolute Gasteiger partial charge is 0.240 e. The Balaban J connectivity index is 1.94. The van der Waals surface area contributed by atoms with E-state index in [2.05, 4.69) is 18.9 Å². The molecule has 3 rings (SSSR count). The molecule has 0 aromatic heterocycles. The van der Waals surface area contributed by atoms with Crippen molar-refractivity contribution in [2.24, 2.45) is 5.92 Å². The molecule has 2 aliphatic rings. The fourth-order valence-electron chi connectivity index (χ4n) is 5.98. The third-order valence-electron chi connectivity index (χ3n) is 7.92. The van der Waals surface area contributed by atoms with Crippen molar-refractivity contribution in [1.82, 2.24) is 10.0 Å². The molecule has 35 heavy (non-hydrogen) atoms. The highest BCUT2D eigenvalue weighted by molar-refractivity contribution is 5.81. The standard InChI is InChI=1S/C25H39N3O7/c1-7-25(8-2,35-6)22-10-9-12-26(22)27-13-11-18(24(27)29)19(16-28(30)31)17-14-20(32-3)23(34-5)21(15-17)33-4/h14-15,18-19,22H,7-13,16H2,1-6H3/t18-,19+,22+/m1/s1. The number of ether oxygens (including phenoxy) is 4. The lowest BCUT2D eigenvalue weighted by Crippen LogP contribution is -2.57. The fraction of sp³-hybridized carbons (Fsp3) is 0.720. The molecule has 2 fully saturated rings. The summed E-state index contributed by atoms with van der Waals surface area (Å²) in [5, 5.41) is 15.7. The molecule has 10 heteroatoms. The summed E-state index contributed by atoms with van der Waals surface area (Å²) in [6, 6.07) is 3.53. The van der Waals surface area contributed by atoms with Gasteiger partial charge in [0, 0.05) is 25.1 Å². The van der Waals surface area contributed by atoms with Crippen molar-refractivity contribution < 1.29 is 28.7 Å². The number of benzene rings is 1. The van der Waals surface area contributed by atoms with Crippen LogP contribution in [0.15, 0.2) is 12.1 Å². The van der Waals surface area contributed by atoms with Crippen LogP contribution >= 0.6 is 0 Å². The number of carbonyl (C=O) groups excluding carboxylic acids is 1. The Morgan fingerprint density at radius 2 is 1.69 bits per heavy atom. The van der Waals surface area contributed by atoms with E-state index in [1.165, 1.54) is 21.3 Å². The normalized spacial score (nSPS) is 21.9.